The molecule has 31 heavy (non-hydrogen) atoms. The zero-order valence-corrected chi connectivity index (χ0v) is 18.0. The van der Waals surface area contributed by atoms with Gasteiger partial charge in [-0.3, -0.25) is 13.9 Å². The number of hydrogen-bond acceptors (Lipinski definition) is 5. The fourth-order valence-corrected chi connectivity index (χ4v) is 4.97. The zero-order valence-electron chi connectivity index (χ0n) is 17.2. The van der Waals surface area contributed by atoms with E-state index in [0.29, 0.717) is 28.1 Å². The highest BCUT2D eigenvalue weighted by Gasteiger charge is 2.42. The number of nitrogens with one attached hydrogen (secondary N) is 2. The Kier molecular flexibility index (Phi) is 5.12. The Morgan fingerprint density at radius 1 is 1.23 bits per heavy atom. The maximum absolute atomic E-state index is 13.4. The van der Waals surface area contributed by atoms with Crippen molar-refractivity contribution in [1.82, 2.24) is 10.6 Å². The molecule has 0 saturated heterocycles. The molecule has 2 aromatic carbocycles. The summed E-state index contributed by atoms with van der Waals surface area (Å²) in [6.45, 7) is 1.40. The number of anilines is 1. The lowest BCUT2D eigenvalue weighted by molar-refractivity contribution is -0.123. The maximum Gasteiger partial charge on any atom is 0.241 e. The predicted octanol–water partition coefficient (Wildman–Crippen LogP) is 1.75. The second-order valence-electron chi connectivity index (χ2n) is 7.69. The first kappa shape index (κ1) is 21.1. The van der Waals surface area contributed by atoms with Crippen LogP contribution in [-0.4, -0.2) is 40.1 Å². The van der Waals surface area contributed by atoms with Gasteiger partial charge in [0.15, 0.2) is 0 Å². The molecule has 4 rings (SSSR count). The molecule has 10 heteroatoms. The highest BCUT2D eigenvalue weighted by Crippen LogP contribution is 2.49. The van der Waals surface area contributed by atoms with Gasteiger partial charge in [-0.25, -0.2) is 12.8 Å². The van der Waals surface area contributed by atoms with Gasteiger partial charge in [-0.15, -0.1) is 0 Å². The van der Waals surface area contributed by atoms with Gasteiger partial charge in [0.05, 0.1) is 18.0 Å². The van der Waals surface area contributed by atoms with E-state index in [9.17, 15) is 22.4 Å². The van der Waals surface area contributed by atoms with Gasteiger partial charge in [0.25, 0.3) is 0 Å². The molecule has 2 aromatic rings. The smallest absolute Gasteiger partial charge is 0.241 e. The number of likely N-dealkylation sites (N-methyl/N-ethyl adjacent to an activating group) is 1. The lowest BCUT2D eigenvalue weighted by Crippen LogP contribution is -2.37. The number of sulfonamides is 1. The van der Waals surface area contributed by atoms with E-state index in [4.69, 9.17) is 4.74 Å². The summed E-state index contributed by atoms with van der Waals surface area (Å²) in [5.74, 6) is -1.51. The van der Waals surface area contributed by atoms with E-state index in [1.165, 1.54) is 19.2 Å². The summed E-state index contributed by atoms with van der Waals surface area (Å²) in [5, 5.41) is 5.40. The van der Waals surface area contributed by atoms with E-state index in [-0.39, 0.29) is 12.5 Å². The molecule has 0 bridgehead atoms. The molecule has 3 atom stereocenters. The summed E-state index contributed by atoms with van der Waals surface area (Å²) in [4.78, 5) is 25.0. The van der Waals surface area contributed by atoms with Crippen molar-refractivity contribution in [1.29, 1.82) is 0 Å². The van der Waals surface area contributed by atoms with Crippen LogP contribution in [0.25, 0.3) is 0 Å². The highest BCUT2D eigenvalue weighted by molar-refractivity contribution is 7.92. The largest absolute Gasteiger partial charge is 0.484 e. The van der Waals surface area contributed by atoms with E-state index >= 15 is 0 Å². The Bertz CT molecular complexity index is 1170. The molecular formula is C21H22FN3O5S. The molecule has 0 saturated carbocycles. The second kappa shape index (κ2) is 7.52. The molecule has 2 aliphatic heterocycles. The second-order valence-corrected chi connectivity index (χ2v) is 9.60. The van der Waals surface area contributed by atoms with Crippen molar-refractivity contribution < 1.29 is 27.1 Å². The number of ether oxygens (including phenoxy) is 1. The Morgan fingerprint density at radius 3 is 2.52 bits per heavy atom. The van der Waals surface area contributed by atoms with Crippen LogP contribution < -0.4 is 19.7 Å². The number of fused-ring (bicyclic) bond motifs is 2. The molecule has 8 nitrogen and oxygen atoms in total. The van der Waals surface area contributed by atoms with Crippen LogP contribution in [0, 0.1) is 5.82 Å². The van der Waals surface area contributed by atoms with Crippen molar-refractivity contribution in [2.24, 2.45) is 0 Å². The zero-order chi connectivity index (χ0) is 22.5. The van der Waals surface area contributed by atoms with Crippen molar-refractivity contribution in [3.05, 3.63) is 58.9 Å². The summed E-state index contributed by atoms with van der Waals surface area (Å²) in [6.07, 6.45) is 0.321. The number of rotatable bonds is 3. The van der Waals surface area contributed by atoms with Crippen LogP contribution in [0.15, 0.2) is 36.4 Å². The summed E-state index contributed by atoms with van der Waals surface area (Å²) < 4.78 is 45.3. The normalized spacial score (nSPS) is 22.6. The van der Waals surface area contributed by atoms with Crippen molar-refractivity contribution in [2.45, 2.75) is 25.0 Å². The SMILES string of the molecule is CNC(=O)C1c2cc3c(cc2OC1c1ccc(F)cc1)N(S(C)(=O)=O)CC(=O)NC3C. The minimum atomic E-state index is -3.75. The van der Waals surface area contributed by atoms with Gasteiger partial charge in [0.1, 0.15) is 30.1 Å². The molecule has 3 unspecified atom stereocenters. The van der Waals surface area contributed by atoms with Gasteiger partial charge in [0, 0.05) is 18.7 Å². The number of nitrogens with zero attached hydrogens (tertiary/aromatic N) is 1. The van der Waals surface area contributed by atoms with Crippen LogP contribution in [0.5, 0.6) is 5.75 Å². The topological polar surface area (TPSA) is 105 Å². The molecule has 0 aliphatic carbocycles. The molecule has 0 fully saturated rings. The standard InChI is InChI=1S/C21H22FN3O5S/c1-11-14-8-15-17(9-16(14)25(31(3,28)29)10-18(26)24-11)30-20(19(15)21(27)23-2)12-4-6-13(22)7-5-12/h4-9,11,19-20H,10H2,1-3H3,(H,23,27)(H,24,26). The maximum atomic E-state index is 13.4. The quantitative estimate of drug-likeness (QED) is 0.746. The van der Waals surface area contributed by atoms with Crippen LogP contribution in [0.1, 0.15) is 41.7 Å². The van der Waals surface area contributed by atoms with Crippen LogP contribution in [0.2, 0.25) is 0 Å². The van der Waals surface area contributed by atoms with Crippen LogP contribution in [-0.2, 0) is 19.6 Å². The first-order valence-corrected chi connectivity index (χ1v) is 11.5. The van der Waals surface area contributed by atoms with E-state index in [2.05, 4.69) is 10.6 Å². The molecule has 0 radical (unpaired) electrons. The van der Waals surface area contributed by atoms with Gasteiger partial charge in [0.2, 0.25) is 21.8 Å². The van der Waals surface area contributed by atoms with Gasteiger partial charge in [-0.05, 0) is 36.2 Å². The third kappa shape index (κ3) is 3.71. The summed E-state index contributed by atoms with van der Waals surface area (Å²) in [6, 6.07) is 8.48. The number of amides is 2. The number of carbonyl (C=O) groups is 2. The Morgan fingerprint density at radius 2 is 1.90 bits per heavy atom. The van der Waals surface area contributed by atoms with Crippen LogP contribution >= 0.6 is 0 Å². The Labute approximate surface area is 179 Å². The molecule has 2 N–H and O–H groups in total. The van der Waals surface area contributed by atoms with Crippen LogP contribution in [0.4, 0.5) is 10.1 Å². The number of carbonyl (C=O) groups excluding carboxylic acids is 2. The number of benzene rings is 2. The molecule has 0 aromatic heterocycles. The first-order valence-electron chi connectivity index (χ1n) is 9.68. The average Bonchev–Trinajstić information content (AvgIpc) is 3.02. The van der Waals surface area contributed by atoms with Gasteiger partial charge >= 0.3 is 0 Å². The average molecular weight is 447 g/mol. The Hall–Kier alpha value is -3.14. The minimum absolute atomic E-state index is 0.293. The molecular weight excluding hydrogens is 425 g/mol. The van der Waals surface area contributed by atoms with Gasteiger partial charge in [-0.1, -0.05) is 12.1 Å². The minimum Gasteiger partial charge on any atom is -0.484 e. The number of halogens is 1. The monoisotopic (exact) mass is 447 g/mol. The molecule has 0 spiro atoms. The van der Waals surface area contributed by atoms with Crippen molar-refractivity contribution in [2.75, 3.05) is 24.2 Å². The van der Waals surface area contributed by atoms with Crippen LogP contribution in [0.3, 0.4) is 0 Å². The fraction of sp³-hybridized carbons (Fsp3) is 0.333. The molecule has 2 amide bonds. The highest BCUT2D eigenvalue weighted by atomic mass is 32.2. The van der Waals surface area contributed by atoms with E-state index in [1.54, 1.807) is 31.2 Å². The van der Waals surface area contributed by atoms with Crippen molar-refractivity contribution in [3.8, 4) is 5.75 Å². The van der Waals surface area contributed by atoms with Crippen molar-refractivity contribution in [3.63, 3.8) is 0 Å². The predicted molar refractivity (Wildman–Crippen MR) is 112 cm³/mol. The number of hydrogen-bond donors (Lipinski definition) is 2. The summed E-state index contributed by atoms with van der Waals surface area (Å²) in [7, 11) is -2.23. The third-order valence-corrected chi connectivity index (χ3v) is 6.70. The fourth-order valence-electron chi connectivity index (χ4n) is 4.10. The molecule has 2 aliphatic rings. The first-order chi connectivity index (χ1) is 14.6. The summed E-state index contributed by atoms with van der Waals surface area (Å²) >= 11 is 0. The van der Waals surface area contributed by atoms with Crippen molar-refractivity contribution >= 4 is 27.5 Å². The van der Waals surface area contributed by atoms with E-state index in [0.717, 1.165) is 10.6 Å². The molecule has 164 valence electrons. The Balaban J connectivity index is 1.88. The summed E-state index contributed by atoms with van der Waals surface area (Å²) in [5.41, 5.74) is 2.07. The van der Waals surface area contributed by atoms with Gasteiger partial charge < -0.3 is 15.4 Å². The van der Waals surface area contributed by atoms with E-state index in [1.807, 2.05) is 0 Å². The van der Waals surface area contributed by atoms with Gasteiger partial charge in [-0.2, -0.15) is 0 Å². The van der Waals surface area contributed by atoms with E-state index < -0.39 is 39.8 Å². The lowest BCUT2D eigenvalue weighted by Gasteiger charge is -2.22. The lowest BCUT2D eigenvalue weighted by atomic mass is 9.88. The molecule has 2 heterocycles. The third-order valence-electron chi connectivity index (χ3n) is 5.58.